The van der Waals surface area contributed by atoms with Gasteiger partial charge in [0.05, 0.1) is 23.7 Å². The molecule has 5 atom stereocenters. The van der Waals surface area contributed by atoms with Crippen LogP contribution >= 0.6 is 0 Å². The van der Waals surface area contributed by atoms with Crippen LogP contribution in [0.4, 0.5) is 0 Å². The van der Waals surface area contributed by atoms with Gasteiger partial charge in [-0.1, -0.05) is 18.7 Å². The maximum atomic E-state index is 11.6. The normalized spacial score (nSPS) is 46.1. The predicted octanol–water partition coefficient (Wildman–Crippen LogP) is 0.463. The van der Waals surface area contributed by atoms with Crippen molar-refractivity contribution in [1.29, 1.82) is 0 Å². The molecule has 110 valence electrons. The van der Waals surface area contributed by atoms with E-state index < -0.39 is 35.8 Å². The van der Waals surface area contributed by atoms with Gasteiger partial charge in [0.25, 0.3) is 0 Å². The van der Waals surface area contributed by atoms with Crippen molar-refractivity contribution in [2.45, 2.75) is 44.2 Å². The molecule has 20 heavy (non-hydrogen) atoms. The minimum atomic E-state index is -1.28. The predicted molar refractivity (Wildman–Crippen MR) is 72.7 cm³/mol. The van der Waals surface area contributed by atoms with Gasteiger partial charge < -0.3 is 20.1 Å². The summed E-state index contributed by atoms with van der Waals surface area (Å²) in [6.07, 6.45) is 2.08. The third-order valence-corrected chi connectivity index (χ3v) is 3.83. The second-order valence-electron chi connectivity index (χ2n) is 5.76. The van der Waals surface area contributed by atoms with Gasteiger partial charge in [-0.15, -0.1) is 0 Å². The lowest BCUT2D eigenvalue weighted by molar-refractivity contribution is -0.137. The fourth-order valence-corrected chi connectivity index (χ4v) is 2.62. The lowest BCUT2D eigenvalue weighted by Crippen LogP contribution is -2.36. The van der Waals surface area contributed by atoms with Crippen LogP contribution in [0.2, 0.25) is 0 Å². The van der Waals surface area contributed by atoms with E-state index in [2.05, 4.69) is 6.58 Å². The van der Waals surface area contributed by atoms with E-state index in [0.717, 1.165) is 0 Å². The maximum Gasteiger partial charge on any atom is 0.334 e. The van der Waals surface area contributed by atoms with E-state index in [9.17, 15) is 20.1 Å². The average molecular weight is 280 g/mol. The standard InChI is InChI=1S/C15H20O5/c1-8-6-12-13(9(2)14(18)20-12)11(17)7-15(3,19)5-4-10(8)16/h4-6,10-13,16-17,19H,2,7H2,1,3H3/b5-4+,8-6-/t10-,11-,12-,13-,15+/m1/s1. The Morgan fingerprint density at radius 3 is 2.75 bits per heavy atom. The number of fused-ring (bicyclic) bond motifs is 1. The molecule has 0 aromatic rings. The van der Waals surface area contributed by atoms with Crippen molar-refractivity contribution in [3.63, 3.8) is 0 Å². The number of aliphatic hydroxyl groups excluding tert-OH is 2. The van der Waals surface area contributed by atoms with Crippen molar-refractivity contribution in [3.8, 4) is 0 Å². The number of carbonyl (C=O) groups excluding carboxylic acids is 1. The van der Waals surface area contributed by atoms with E-state index in [-0.39, 0.29) is 12.0 Å². The second-order valence-corrected chi connectivity index (χ2v) is 5.76. The van der Waals surface area contributed by atoms with Gasteiger partial charge in [-0.2, -0.15) is 0 Å². The Morgan fingerprint density at radius 2 is 2.10 bits per heavy atom. The number of hydrogen-bond donors (Lipinski definition) is 3. The Hall–Kier alpha value is -1.43. The lowest BCUT2D eigenvalue weighted by Gasteiger charge is -2.29. The molecule has 0 spiro atoms. The molecule has 2 aliphatic rings. The average Bonchev–Trinajstić information content (AvgIpc) is 2.60. The zero-order valence-electron chi connectivity index (χ0n) is 11.6. The molecule has 5 heteroatoms. The molecule has 1 saturated heterocycles. The Kier molecular flexibility index (Phi) is 3.86. The smallest absolute Gasteiger partial charge is 0.334 e. The van der Waals surface area contributed by atoms with E-state index in [0.29, 0.717) is 5.57 Å². The lowest BCUT2D eigenvalue weighted by atomic mass is 9.82. The molecule has 0 aromatic carbocycles. The first-order valence-electron chi connectivity index (χ1n) is 6.57. The summed E-state index contributed by atoms with van der Waals surface area (Å²) >= 11 is 0. The van der Waals surface area contributed by atoms with Gasteiger partial charge in [-0.05, 0) is 25.5 Å². The van der Waals surface area contributed by atoms with Crippen LogP contribution in [-0.2, 0) is 9.53 Å². The molecule has 0 amide bonds. The molecule has 0 bridgehead atoms. The van der Waals surface area contributed by atoms with Crippen molar-refractivity contribution >= 4 is 5.97 Å². The van der Waals surface area contributed by atoms with Crippen molar-refractivity contribution in [2.75, 3.05) is 0 Å². The highest BCUT2D eigenvalue weighted by atomic mass is 16.6. The number of esters is 1. The summed E-state index contributed by atoms with van der Waals surface area (Å²) in [5.41, 5.74) is -0.501. The van der Waals surface area contributed by atoms with E-state index in [1.807, 2.05) is 0 Å². The van der Waals surface area contributed by atoms with Crippen molar-refractivity contribution < 1.29 is 24.9 Å². The summed E-state index contributed by atoms with van der Waals surface area (Å²) in [7, 11) is 0. The zero-order valence-corrected chi connectivity index (χ0v) is 11.6. The molecule has 2 rings (SSSR count). The SMILES string of the molecule is C=C1C(=O)O[C@@H]2/C=C(/C)[C@H](O)/C=C/[C@](C)(O)C[C@@H](O)[C@@H]12. The van der Waals surface area contributed by atoms with E-state index in [4.69, 9.17) is 4.74 Å². The van der Waals surface area contributed by atoms with E-state index in [1.165, 1.54) is 19.1 Å². The number of ether oxygens (including phenoxy) is 1. The van der Waals surface area contributed by atoms with Gasteiger partial charge in [-0.3, -0.25) is 0 Å². The van der Waals surface area contributed by atoms with Crippen LogP contribution in [0.5, 0.6) is 0 Å². The molecular formula is C15H20O5. The first kappa shape index (κ1) is 15.0. The van der Waals surface area contributed by atoms with E-state index >= 15 is 0 Å². The topological polar surface area (TPSA) is 87.0 Å². The molecule has 0 unspecified atom stereocenters. The first-order valence-corrected chi connectivity index (χ1v) is 6.57. The molecule has 1 aliphatic heterocycles. The van der Waals surface area contributed by atoms with Crippen LogP contribution in [-0.4, -0.2) is 45.2 Å². The molecule has 5 nitrogen and oxygen atoms in total. The third-order valence-electron chi connectivity index (χ3n) is 3.83. The van der Waals surface area contributed by atoms with Gasteiger partial charge in [0.15, 0.2) is 0 Å². The Balaban J connectivity index is 2.43. The summed E-state index contributed by atoms with van der Waals surface area (Å²) in [5, 5.41) is 30.5. The summed E-state index contributed by atoms with van der Waals surface area (Å²) in [6, 6.07) is 0. The van der Waals surface area contributed by atoms with Crippen LogP contribution < -0.4 is 0 Å². The summed E-state index contributed by atoms with van der Waals surface area (Å²) in [6.45, 7) is 6.90. The highest BCUT2D eigenvalue weighted by Gasteiger charge is 2.43. The molecule has 0 saturated carbocycles. The fourth-order valence-electron chi connectivity index (χ4n) is 2.62. The van der Waals surface area contributed by atoms with Crippen LogP contribution in [0.1, 0.15) is 20.3 Å². The zero-order chi connectivity index (χ0) is 15.1. The first-order chi connectivity index (χ1) is 9.21. The second kappa shape index (κ2) is 5.16. The molecule has 1 heterocycles. The van der Waals surface area contributed by atoms with Gasteiger partial charge in [0, 0.05) is 12.0 Å². The van der Waals surface area contributed by atoms with Gasteiger partial charge >= 0.3 is 5.97 Å². The Labute approximate surface area is 117 Å². The highest BCUT2D eigenvalue weighted by molar-refractivity contribution is 5.91. The van der Waals surface area contributed by atoms with Crippen LogP contribution in [0, 0.1) is 5.92 Å². The summed E-state index contributed by atoms with van der Waals surface area (Å²) in [4.78, 5) is 11.6. The summed E-state index contributed by atoms with van der Waals surface area (Å²) < 4.78 is 5.18. The number of aliphatic hydroxyl groups is 3. The number of carbonyl (C=O) groups is 1. The highest BCUT2D eigenvalue weighted by Crippen LogP contribution is 2.35. The third kappa shape index (κ3) is 2.85. The van der Waals surface area contributed by atoms with Crippen molar-refractivity contribution in [3.05, 3.63) is 36.0 Å². The monoisotopic (exact) mass is 280 g/mol. The van der Waals surface area contributed by atoms with Gasteiger partial charge in [0.2, 0.25) is 0 Å². The van der Waals surface area contributed by atoms with E-state index in [1.54, 1.807) is 13.0 Å². The molecule has 0 aromatic heterocycles. The quantitative estimate of drug-likeness (QED) is 0.341. The fraction of sp³-hybridized carbons (Fsp3) is 0.533. The van der Waals surface area contributed by atoms with Crippen molar-refractivity contribution in [1.82, 2.24) is 0 Å². The van der Waals surface area contributed by atoms with Gasteiger partial charge in [-0.25, -0.2) is 4.79 Å². The minimum Gasteiger partial charge on any atom is -0.454 e. The summed E-state index contributed by atoms with van der Waals surface area (Å²) in [5.74, 6) is -1.16. The van der Waals surface area contributed by atoms with Crippen LogP contribution in [0.25, 0.3) is 0 Å². The minimum absolute atomic E-state index is 0.0277. The molecule has 1 aliphatic carbocycles. The van der Waals surface area contributed by atoms with Crippen molar-refractivity contribution in [2.24, 2.45) is 5.92 Å². The van der Waals surface area contributed by atoms with Crippen LogP contribution in [0.15, 0.2) is 36.0 Å². The largest absolute Gasteiger partial charge is 0.454 e. The van der Waals surface area contributed by atoms with Gasteiger partial charge in [0.1, 0.15) is 6.10 Å². The number of rotatable bonds is 0. The molecule has 1 fully saturated rings. The maximum absolute atomic E-state index is 11.6. The molecule has 3 N–H and O–H groups in total. The Morgan fingerprint density at radius 1 is 1.45 bits per heavy atom. The molecular weight excluding hydrogens is 260 g/mol. The molecule has 0 radical (unpaired) electrons. The Bertz CT molecular complexity index is 488. The van der Waals surface area contributed by atoms with Crippen LogP contribution in [0.3, 0.4) is 0 Å². The number of hydrogen-bond acceptors (Lipinski definition) is 5.